The highest BCUT2D eigenvalue weighted by Gasteiger charge is 2.52. The molecule has 284 valence electrons. The molecule has 4 aromatic rings. The van der Waals surface area contributed by atoms with Crippen molar-refractivity contribution >= 4 is 49.3 Å². The van der Waals surface area contributed by atoms with Crippen molar-refractivity contribution in [2.45, 2.75) is 89.5 Å². The number of ether oxygens (including phenoxy) is 2. The zero-order chi connectivity index (χ0) is 38.6. The second-order valence-electron chi connectivity index (χ2n) is 17.1. The average molecular weight is 761 g/mol. The molecule has 0 radical (unpaired) electrons. The molecule has 4 aromatic carbocycles. The highest BCUT2D eigenvalue weighted by atomic mass is 28.4. The molecule has 2 aliphatic rings. The van der Waals surface area contributed by atoms with Gasteiger partial charge in [0.05, 0.1) is 25.0 Å². The quantitative estimate of drug-likeness (QED) is 0.0762. The van der Waals surface area contributed by atoms with Gasteiger partial charge in [0.15, 0.2) is 0 Å². The lowest BCUT2D eigenvalue weighted by Crippen LogP contribution is -2.67. The Morgan fingerprint density at radius 2 is 0.833 bits per heavy atom. The Balaban J connectivity index is 1.08. The Morgan fingerprint density at radius 1 is 0.556 bits per heavy atom. The summed E-state index contributed by atoms with van der Waals surface area (Å²) in [6, 6.07) is 42.0. The van der Waals surface area contributed by atoms with Gasteiger partial charge in [-0.25, -0.2) is 0 Å². The maximum atomic E-state index is 13.2. The van der Waals surface area contributed by atoms with E-state index >= 15 is 0 Å². The minimum absolute atomic E-state index is 0.176. The van der Waals surface area contributed by atoms with E-state index in [2.05, 4.69) is 145 Å². The molecule has 0 aromatic heterocycles. The standard InChI is InChI=1S/C46H56O6Si2/c1-34(28-35-30-37(51-43(35)47)32-49-53(45(2,3)4,39-20-12-8-13-21-39)40-22-14-9-15-23-40)29-36-31-38(52-44(36)48)33-50-54(46(5,6)7,41-24-16-10-17-25-41)42-26-18-11-19-27-42/h8-27,35-38H,1,28-33H2,2-7H3/t35-,36+,37-,38-/m0/s1. The van der Waals surface area contributed by atoms with Crippen LogP contribution in [0.5, 0.6) is 0 Å². The molecule has 6 nitrogen and oxygen atoms in total. The molecular weight excluding hydrogens is 705 g/mol. The Kier molecular flexibility index (Phi) is 12.0. The van der Waals surface area contributed by atoms with Crippen LogP contribution in [-0.4, -0.2) is 54.0 Å². The van der Waals surface area contributed by atoms with E-state index in [4.69, 9.17) is 18.3 Å². The molecule has 2 fully saturated rings. The largest absolute Gasteiger partial charge is 0.460 e. The fourth-order valence-corrected chi connectivity index (χ4v) is 17.9. The maximum Gasteiger partial charge on any atom is 0.309 e. The first-order valence-electron chi connectivity index (χ1n) is 19.3. The molecule has 0 spiro atoms. The van der Waals surface area contributed by atoms with E-state index in [9.17, 15) is 9.59 Å². The topological polar surface area (TPSA) is 71.1 Å². The number of esters is 2. The van der Waals surface area contributed by atoms with Crippen molar-refractivity contribution in [3.63, 3.8) is 0 Å². The minimum atomic E-state index is -2.77. The van der Waals surface area contributed by atoms with Crippen molar-refractivity contribution < 1.29 is 27.9 Å². The van der Waals surface area contributed by atoms with Crippen molar-refractivity contribution in [2.75, 3.05) is 13.2 Å². The number of carbonyl (C=O) groups excluding carboxylic acids is 2. The van der Waals surface area contributed by atoms with Crippen molar-refractivity contribution in [2.24, 2.45) is 11.8 Å². The van der Waals surface area contributed by atoms with E-state index in [1.54, 1.807) is 0 Å². The van der Waals surface area contributed by atoms with Crippen molar-refractivity contribution in [3.8, 4) is 0 Å². The van der Waals surface area contributed by atoms with Gasteiger partial charge < -0.3 is 18.3 Å². The predicted molar refractivity (Wildman–Crippen MR) is 221 cm³/mol. The average Bonchev–Trinajstić information content (AvgIpc) is 3.68. The summed E-state index contributed by atoms with van der Waals surface area (Å²) in [6.07, 6.45) is 1.36. The molecule has 8 heteroatoms. The summed E-state index contributed by atoms with van der Waals surface area (Å²) in [5.41, 5.74) is 0.862. The van der Waals surface area contributed by atoms with Gasteiger partial charge in [0.25, 0.3) is 16.6 Å². The summed E-state index contributed by atoms with van der Waals surface area (Å²) in [5, 5.41) is 4.41. The third kappa shape index (κ3) is 8.13. The fraction of sp³-hybridized carbons (Fsp3) is 0.391. The van der Waals surface area contributed by atoms with Crippen LogP contribution in [-0.2, 0) is 27.9 Å². The van der Waals surface area contributed by atoms with Crippen LogP contribution in [0.25, 0.3) is 0 Å². The molecule has 54 heavy (non-hydrogen) atoms. The normalized spacial score (nSPS) is 20.8. The molecule has 4 atom stereocenters. The first kappa shape index (κ1) is 39.6. The molecule has 2 saturated heterocycles. The van der Waals surface area contributed by atoms with E-state index in [1.165, 1.54) is 20.7 Å². The Morgan fingerprint density at radius 3 is 1.09 bits per heavy atom. The second kappa shape index (κ2) is 16.3. The van der Waals surface area contributed by atoms with Gasteiger partial charge in [-0.2, -0.15) is 0 Å². The molecule has 0 unspecified atom stereocenters. The van der Waals surface area contributed by atoms with Crippen LogP contribution in [0, 0.1) is 11.8 Å². The first-order valence-corrected chi connectivity index (χ1v) is 23.1. The monoisotopic (exact) mass is 760 g/mol. The van der Waals surface area contributed by atoms with Gasteiger partial charge in [-0.05, 0) is 43.7 Å². The van der Waals surface area contributed by atoms with E-state index in [-0.39, 0.29) is 46.1 Å². The predicted octanol–water partition coefficient (Wildman–Crippen LogP) is 7.34. The fourth-order valence-electron chi connectivity index (χ4n) is 8.72. The van der Waals surface area contributed by atoms with E-state index in [0.29, 0.717) is 38.9 Å². The van der Waals surface area contributed by atoms with Crippen molar-refractivity contribution in [3.05, 3.63) is 133 Å². The molecule has 6 rings (SSSR count). The van der Waals surface area contributed by atoms with Crippen molar-refractivity contribution in [1.82, 2.24) is 0 Å². The molecule has 0 amide bonds. The van der Waals surface area contributed by atoms with Gasteiger partial charge in [0.1, 0.15) is 12.2 Å². The smallest absolute Gasteiger partial charge is 0.309 e. The number of hydrogen-bond acceptors (Lipinski definition) is 6. The first-order chi connectivity index (χ1) is 25.7. The molecular formula is C46H56O6Si2. The third-order valence-electron chi connectivity index (χ3n) is 11.2. The Bertz CT molecular complexity index is 1650. The molecule has 2 heterocycles. The third-order valence-corrected chi connectivity index (χ3v) is 21.2. The highest BCUT2D eigenvalue weighted by Crippen LogP contribution is 2.40. The Hall–Kier alpha value is -4.09. The minimum Gasteiger partial charge on any atom is -0.460 e. The number of allylic oxidation sites excluding steroid dienone is 1. The SMILES string of the molecule is C=C(C[C@@H]1C[C@@H](CO[Si](c2ccccc2)(c2ccccc2)C(C)(C)C)OC1=O)C[C@H]1C[C@@H](CO[Si](c2ccccc2)(c2ccccc2)C(C)(C)C)OC1=O. The van der Waals surface area contributed by atoms with Gasteiger partial charge >= 0.3 is 11.9 Å². The zero-order valence-electron chi connectivity index (χ0n) is 32.8. The number of carbonyl (C=O) groups is 2. The lowest BCUT2D eigenvalue weighted by molar-refractivity contribution is -0.145. The van der Waals surface area contributed by atoms with Crippen molar-refractivity contribution in [1.29, 1.82) is 0 Å². The van der Waals surface area contributed by atoms with Gasteiger partial charge in [-0.3, -0.25) is 9.59 Å². The van der Waals surface area contributed by atoms with Gasteiger partial charge in [-0.15, -0.1) is 0 Å². The summed E-state index contributed by atoms with van der Waals surface area (Å²) in [4.78, 5) is 26.4. The van der Waals surface area contributed by atoms with Crippen LogP contribution in [0.1, 0.15) is 67.2 Å². The van der Waals surface area contributed by atoms with Gasteiger partial charge in [0, 0.05) is 12.8 Å². The molecule has 0 bridgehead atoms. The van der Waals surface area contributed by atoms with Crippen LogP contribution in [0.2, 0.25) is 10.1 Å². The second-order valence-corrected chi connectivity index (χ2v) is 25.7. The van der Waals surface area contributed by atoms with E-state index < -0.39 is 16.6 Å². The van der Waals surface area contributed by atoms with Gasteiger partial charge in [0.2, 0.25) is 0 Å². The number of hydrogen-bond donors (Lipinski definition) is 0. The summed E-state index contributed by atoms with van der Waals surface area (Å²) in [6.45, 7) is 18.4. The highest BCUT2D eigenvalue weighted by molar-refractivity contribution is 7.00. The van der Waals surface area contributed by atoms with Crippen LogP contribution < -0.4 is 20.7 Å². The summed E-state index contributed by atoms with van der Waals surface area (Å²) < 4.78 is 26.0. The number of rotatable bonds is 14. The molecule has 0 aliphatic carbocycles. The molecule has 0 N–H and O–H groups in total. The summed E-state index contributed by atoms with van der Waals surface area (Å²) in [7, 11) is -5.54. The molecule has 0 saturated carbocycles. The summed E-state index contributed by atoms with van der Waals surface area (Å²) in [5.74, 6) is -1.09. The molecule has 2 aliphatic heterocycles. The van der Waals surface area contributed by atoms with Crippen LogP contribution in [0.4, 0.5) is 0 Å². The lowest BCUT2D eigenvalue weighted by atomic mass is 9.90. The zero-order valence-corrected chi connectivity index (χ0v) is 34.8. The van der Waals surface area contributed by atoms with Crippen LogP contribution in [0.15, 0.2) is 133 Å². The van der Waals surface area contributed by atoms with E-state index in [1.807, 2.05) is 24.3 Å². The van der Waals surface area contributed by atoms with E-state index in [0.717, 1.165) is 5.57 Å². The number of cyclic esters (lactones) is 2. The maximum absolute atomic E-state index is 13.2. The van der Waals surface area contributed by atoms with Crippen LogP contribution >= 0.6 is 0 Å². The van der Waals surface area contributed by atoms with Gasteiger partial charge in [-0.1, -0.05) is 175 Å². The number of benzene rings is 4. The summed E-state index contributed by atoms with van der Waals surface area (Å²) >= 11 is 0. The van der Waals surface area contributed by atoms with Crippen LogP contribution in [0.3, 0.4) is 0 Å². The lowest BCUT2D eigenvalue weighted by Gasteiger charge is -2.43. The Labute approximate surface area is 324 Å².